The van der Waals surface area contributed by atoms with Crippen molar-refractivity contribution in [2.75, 3.05) is 6.61 Å². The van der Waals surface area contributed by atoms with Crippen molar-refractivity contribution in [3.05, 3.63) is 77.2 Å². The lowest BCUT2D eigenvalue weighted by Gasteiger charge is -2.30. The number of hydrogen-bond acceptors (Lipinski definition) is 7. The third-order valence-corrected chi connectivity index (χ3v) is 7.14. The second-order valence-corrected chi connectivity index (χ2v) is 10.6. The number of rotatable bonds is 12. The van der Waals surface area contributed by atoms with E-state index in [2.05, 4.69) is 15.6 Å². The Kier molecular flexibility index (Phi) is 10.5. The number of hydrogen-bond donors (Lipinski definition) is 3. The number of oxazole rings is 1. The summed E-state index contributed by atoms with van der Waals surface area (Å²) < 4.78 is 17.0. The minimum atomic E-state index is -1.17. The fraction of sp³-hybridized carbons (Fsp3) is 0.419. The van der Waals surface area contributed by atoms with Gasteiger partial charge in [-0.05, 0) is 56.7 Å². The average molecular weight is 563 g/mol. The van der Waals surface area contributed by atoms with E-state index in [1.54, 1.807) is 0 Å². The van der Waals surface area contributed by atoms with Crippen LogP contribution in [0.3, 0.4) is 0 Å². The van der Waals surface area contributed by atoms with Crippen molar-refractivity contribution in [3.63, 3.8) is 0 Å². The highest BCUT2D eigenvalue weighted by atomic mass is 16.5. The molecule has 0 saturated heterocycles. The van der Waals surface area contributed by atoms with Crippen LogP contribution in [-0.4, -0.2) is 41.6 Å². The van der Waals surface area contributed by atoms with Crippen LogP contribution in [0.15, 0.2) is 59.0 Å². The van der Waals surface area contributed by atoms with Gasteiger partial charge >= 0.3 is 6.09 Å². The number of aryl methyl sites for hydroxylation is 2. The summed E-state index contributed by atoms with van der Waals surface area (Å²) in [7, 11) is 0. The number of ether oxygens (including phenoxy) is 2. The van der Waals surface area contributed by atoms with Gasteiger partial charge in [0.1, 0.15) is 24.1 Å². The Balaban J connectivity index is 1.20. The summed E-state index contributed by atoms with van der Waals surface area (Å²) in [5.41, 5.74) is 9.08. The molecule has 4 N–H and O–H groups in total. The molecule has 10 nitrogen and oxygen atoms in total. The van der Waals surface area contributed by atoms with E-state index in [1.807, 2.05) is 68.4 Å². The first-order valence-corrected chi connectivity index (χ1v) is 13.9. The third kappa shape index (κ3) is 9.18. The highest BCUT2D eigenvalue weighted by Gasteiger charge is 2.27. The van der Waals surface area contributed by atoms with Crippen LogP contribution in [0.5, 0.6) is 0 Å². The zero-order valence-electron chi connectivity index (χ0n) is 23.6. The largest absolute Gasteiger partial charge is 0.445 e. The van der Waals surface area contributed by atoms with Crippen molar-refractivity contribution < 1.29 is 28.3 Å². The van der Waals surface area contributed by atoms with Crippen molar-refractivity contribution in [3.8, 4) is 11.5 Å². The zero-order valence-corrected chi connectivity index (χ0v) is 23.6. The van der Waals surface area contributed by atoms with Crippen molar-refractivity contribution in [1.82, 2.24) is 15.6 Å². The molecule has 2 aromatic carbocycles. The van der Waals surface area contributed by atoms with Gasteiger partial charge in [0.2, 0.25) is 17.7 Å². The lowest BCUT2D eigenvalue weighted by atomic mass is 9.86. The Hall–Kier alpha value is -4.18. The molecule has 1 aromatic heterocycles. The molecular formula is C31H38N4O6. The Morgan fingerprint density at radius 2 is 1.88 bits per heavy atom. The van der Waals surface area contributed by atoms with Gasteiger partial charge in [0, 0.05) is 18.2 Å². The van der Waals surface area contributed by atoms with Gasteiger partial charge in [0.05, 0.1) is 13.0 Å². The predicted octanol–water partition coefficient (Wildman–Crippen LogP) is 4.32. The molecule has 1 aliphatic rings. The number of aromatic nitrogens is 1. The maximum Gasteiger partial charge on any atom is 0.408 e. The minimum absolute atomic E-state index is 0.0417. The Bertz CT molecular complexity index is 1330. The smallest absolute Gasteiger partial charge is 0.408 e. The van der Waals surface area contributed by atoms with Gasteiger partial charge in [-0.15, -0.1) is 0 Å². The van der Waals surface area contributed by atoms with Crippen LogP contribution in [0, 0.1) is 19.8 Å². The molecule has 1 saturated carbocycles. The fourth-order valence-corrected chi connectivity index (χ4v) is 4.96. The normalized spacial score (nSPS) is 17.4. The van der Waals surface area contributed by atoms with E-state index in [0.29, 0.717) is 19.1 Å². The molecule has 1 aliphatic carbocycles. The third-order valence-electron chi connectivity index (χ3n) is 7.14. The van der Waals surface area contributed by atoms with Crippen LogP contribution in [0.25, 0.3) is 11.5 Å². The molecule has 0 aliphatic heterocycles. The molecule has 0 bridgehead atoms. The number of primary amides is 1. The number of alkyl carbamates (subject to hydrolysis) is 1. The van der Waals surface area contributed by atoms with Gasteiger partial charge in [-0.25, -0.2) is 9.78 Å². The van der Waals surface area contributed by atoms with Crippen molar-refractivity contribution in [2.24, 2.45) is 11.7 Å². The highest BCUT2D eigenvalue weighted by molar-refractivity contribution is 5.90. The molecular weight excluding hydrogens is 524 g/mol. The van der Waals surface area contributed by atoms with E-state index >= 15 is 0 Å². The van der Waals surface area contributed by atoms with Crippen LogP contribution in [0.2, 0.25) is 0 Å². The van der Waals surface area contributed by atoms with Gasteiger partial charge in [-0.1, -0.05) is 54.4 Å². The molecule has 3 atom stereocenters. The Morgan fingerprint density at radius 3 is 2.63 bits per heavy atom. The van der Waals surface area contributed by atoms with Gasteiger partial charge in [0.15, 0.2) is 0 Å². The standard InChI is InChI=1S/C31H38N4O6/c1-20-8-6-12-24(14-20)30-34-27(21(2)41-30)19-39-17-23-11-7-13-25(15-23)33-28(36)16-26(29(32)37)35-31(38)40-18-22-9-4-3-5-10-22/h3-6,8-10,12,14,23,25-26H,7,11,13,15-19H2,1-2H3,(H2,32,37)(H,33,36)(H,35,38)/t23?,25?,26-/m0/s1. The molecule has 3 amide bonds. The van der Waals surface area contributed by atoms with Crippen LogP contribution >= 0.6 is 0 Å². The van der Waals surface area contributed by atoms with Crippen LogP contribution in [0.1, 0.15) is 54.7 Å². The molecule has 0 spiro atoms. The van der Waals surface area contributed by atoms with Gasteiger partial charge in [-0.3, -0.25) is 9.59 Å². The van der Waals surface area contributed by atoms with E-state index < -0.39 is 18.0 Å². The van der Waals surface area contributed by atoms with Crippen LogP contribution in [-0.2, 0) is 32.3 Å². The predicted molar refractivity (Wildman–Crippen MR) is 152 cm³/mol. The van der Waals surface area contributed by atoms with E-state index in [4.69, 9.17) is 19.6 Å². The number of amides is 3. The first-order valence-electron chi connectivity index (χ1n) is 13.9. The Morgan fingerprint density at radius 1 is 1.07 bits per heavy atom. The SMILES string of the molecule is Cc1cccc(-c2nc(COCC3CCCC(NC(=O)C[C@H](NC(=O)OCc4ccccc4)C(N)=O)C3)c(C)o2)c1. The summed E-state index contributed by atoms with van der Waals surface area (Å²) in [5, 5.41) is 5.38. The van der Waals surface area contributed by atoms with E-state index in [-0.39, 0.29) is 30.9 Å². The topological polar surface area (TPSA) is 146 Å². The van der Waals surface area contributed by atoms with Crippen LogP contribution in [0.4, 0.5) is 4.79 Å². The summed E-state index contributed by atoms with van der Waals surface area (Å²) in [6.45, 7) is 4.84. The van der Waals surface area contributed by atoms with Gasteiger partial charge < -0.3 is 30.3 Å². The summed E-state index contributed by atoms with van der Waals surface area (Å²) in [6.07, 6.45) is 2.46. The monoisotopic (exact) mass is 562 g/mol. The molecule has 3 aromatic rings. The number of benzene rings is 2. The van der Waals surface area contributed by atoms with E-state index in [9.17, 15) is 14.4 Å². The average Bonchev–Trinajstić information content (AvgIpc) is 3.32. The van der Waals surface area contributed by atoms with Crippen molar-refractivity contribution in [1.29, 1.82) is 0 Å². The molecule has 4 rings (SSSR count). The molecule has 2 unspecified atom stereocenters. The number of carbonyl (C=O) groups is 3. The van der Waals surface area contributed by atoms with Crippen molar-refractivity contribution in [2.45, 2.75) is 71.2 Å². The minimum Gasteiger partial charge on any atom is -0.445 e. The number of nitrogens with zero attached hydrogens (tertiary/aromatic N) is 1. The zero-order chi connectivity index (χ0) is 29.2. The summed E-state index contributed by atoms with van der Waals surface area (Å²) in [5.74, 6) is 0.428. The molecule has 1 fully saturated rings. The van der Waals surface area contributed by atoms with E-state index in [1.165, 1.54) is 0 Å². The highest BCUT2D eigenvalue weighted by Crippen LogP contribution is 2.26. The molecule has 41 heavy (non-hydrogen) atoms. The van der Waals surface area contributed by atoms with Gasteiger partial charge in [0.25, 0.3) is 0 Å². The molecule has 1 heterocycles. The first kappa shape index (κ1) is 29.8. The fourth-order valence-electron chi connectivity index (χ4n) is 4.96. The first-order chi connectivity index (χ1) is 19.8. The second kappa shape index (κ2) is 14.5. The Labute approximate surface area is 240 Å². The summed E-state index contributed by atoms with van der Waals surface area (Å²) in [6, 6.07) is 15.9. The maximum atomic E-state index is 12.7. The maximum absolute atomic E-state index is 12.7. The molecule has 10 heteroatoms. The molecule has 0 radical (unpaired) electrons. The summed E-state index contributed by atoms with van der Waals surface area (Å²) in [4.78, 5) is 41.4. The quantitative estimate of drug-likeness (QED) is 0.298. The lowest BCUT2D eigenvalue weighted by Crippen LogP contribution is -2.49. The number of carbonyl (C=O) groups excluding carboxylic acids is 3. The lowest BCUT2D eigenvalue weighted by molar-refractivity contribution is -0.127. The summed E-state index contributed by atoms with van der Waals surface area (Å²) >= 11 is 0. The van der Waals surface area contributed by atoms with Crippen molar-refractivity contribution >= 4 is 17.9 Å². The number of nitrogens with one attached hydrogen (secondary N) is 2. The van der Waals surface area contributed by atoms with Gasteiger partial charge in [-0.2, -0.15) is 0 Å². The van der Waals surface area contributed by atoms with E-state index in [0.717, 1.165) is 53.8 Å². The second-order valence-electron chi connectivity index (χ2n) is 10.6. The number of nitrogens with two attached hydrogens (primary N) is 1. The van der Waals surface area contributed by atoms with Crippen LogP contribution < -0.4 is 16.4 Å². The molecule has 218 valence electrons.